The minimum atomic E-state index is -0.779. The Morgan fingerprint density at radius 3 is 0.813 bits per heavy atom. The molecule has 1 unspecified atom stereocenters. The van der Waals surface area contributed by atoms with Gasteiger partial charge in [-0.15, -0.1) is 0 Å². The highest BCUT2D eigenvalue weighted by atomic mass is 16.6. The van der Waals surface area contributed by atoms with Crippen LogP contribution in [0.25, 0.3) is 0 Å². The van der Waals surface area contributed by atoms with E-state index in [1.54, 1.807) is 0 Å². The van der Waals surface area contributed by atoms with Crippen molar-refractivity contribution in [2.24, 2.45) is 0 Å². The minimum Gasteiger partial charge on any atom is -0.462 e. The van der Waals surface area contributed by atoms with E-state index < -0.39 is 6.10 Å². The second kappa shape index (κ2) is 63.6. The maximum atomic E-state index is 12.9. The van der Waals surface area contributed by atoms with Crippen LogP contribution in [0.4, 0.5) is 0 Å². The zero-order chi connectivity index (χ0) is 54.3. The van der Waals surface area contributed by atoms with Gasteiger partial charge in [-0.25, -0.2) is 0 Å². The molecule has 0 amide bonds. The van der Waals surface area contributed by atoms with Crippen LogP contribution in [0.15, 0.2) is 60.8 Å². The second-order valence-corrected chi connectivity index (χ2v) is 22.0. The lowest BCUT2D eigenvalue weighted by Crippen LogP contribution is -2.30. The third-order valence-corrected chi connectivity index (χ3v) is 14.5. The van der Waals surface area contributed by atoms with Crippen molar-refractivity contribution in [3.63, 3.8) is 0 Å². The van der Waals surface area contributed by atoms with Crippen molar-refractivity contribution in [3.8, 4) is 0 Å². The van der Waals surface area contributed by atoms with Crippen LogP contribution in [-0.4, -0.2) is 37.2 Å². The Kier molecular flexibility index (Phi) is 61.2. The van der Waals surface area contributed by atoms with Crippen LogP contribution in [0.2, 0.25) is 0 Å². The fourth-order valence-electron chi connectivity index (χ4n) is 9.49. The van der Waals surface area contributed by atoms with Crippen LogP contribution in [0.3, 0.4) is 0 Å². The first-order chi connectivity index (χ1) is 37.0. The van der Waals surface area contributed by atoms with Crippen molar-refractivity contribution < 1.29 is 28.6 Å². The van der Waals surface area contributed by atoms with Gasteiger partial charge in [-0.3, -0.25) is 14.4 Å². The van der Waals surface area contributed by atoms with Gasteiger partial charge < -0.3 is 14.2 Å². The molecule has 0 rings (SSSR count). The van der Waals surface area contributed by atoms with Crippen molar-refractivity contribution in [2.75, 3.05) is 13.2 Å². The van der Waals surface area contributed by atoms with Gasteiger partial charge in [0.25, 0.3) is 0 Å². The topological polar surface area (TPSA) is 78.9 Å². The van der Waals surface area contributed by atoms with E-state index in [1.165, 1.54) is 225 Å². The highest BCUT2D eigenvalue weighted by molar-refractivity contribution is 5.71. The number of rotatable bonds is 60. The Morgan fingerprint density at radius 1 is 0.267 bits per heavy atom. The number of unbranched alkanes of at least 4 members (excludes halogenated alkanes) is 39. The Hall–Kier alpha value is -2.89. The number of ether oxygens (including phenoxy) is 3. The molecule has 0 aliphatic carbocycles. The summed E-state index contributed by atoms with van der Waals surface area (Å²) in [6.07, 6.45) is 80.9. The van der Waals surface area contributed by atoms with Crippen molar-refractivity contribution in [1.82, 2.24) is 0 Å². The van der Waals surface area contributed by atoms with Crippen LogP contribution >= 0.6 is 0 Å². The molecule has 0 heterocycles. The summed E-state index contributed by atoms with van der Waals surface area (Å²) in [4.78, 5) is 38.3. The molecule has 0 aromatic carbocycles. The predicted molar refractivity (Wildman–Crippen MR) is 325 cm³/mol. The Balaban J connectivity index is 4.21. The Morgan fingerprint density at radius 2 is 0.493 bits per heavy atom. The first-order valence-electron chi connectivity index (χ1n) is 32.8. The highest BCUT2D eigenvalue weighted by Gasteiger charge is 2.19. The van der Waals surface area contributed by atoms with E-state index in [-0.39, 0.29) is 31.1 Å². The van der Waals surface area contributed by atoms with Gasteiger partial charge in [0.15, 0.2) is 6.10 Å². The standard InChI is InChI=1S/C69H124O6/c1-4-7-10-13-16-19-22-24-26-28-30-31-32-33-34-35-36-37-39-40-42-44-47-50-53-56-59-62-68(71)74-65-66(64-73-67(70)61-58-55-52-49-46-21-18-15-12-9-6-3)75-69(72)63-60-57-54-51-48-45-43-41-38-29-27-25-23-20-17-14-11-8-5-2/h15,17-18,20,22,24-25,27-28,30,66H,4-14,16,19,21,23,26,29,31-65H2,1-3H3/b18-15-,20-17-,24-22-,27-25-,30-28-. The monoisotopic (exact) mass is 1050 g/mol. The molecule has 0 aromatic rings. The normalized spacial score (nSPS) is 12.4. The number of esters is 3. The Bertz CT molecular complexity index is 1340. The van der Waals surface area contributed by atoms with Crippen molar-refractivity contribution in [2.45, 2.75) is 348 Å². The van der Waals surface area contributed by atoms with Gasteiger partial charge in [0.1, 0.15) is 13.2 Å². The molecule has 0 N–H and O–H groups in total. The van der Waals surface area contributed by atoms with Gasteiger partial charge in [-0.1, -0.05) is 281 Å². The van der Waals surface area contributed by atoms with Gasteiger partial charge in [0.2, 0.25) is 0 Å². The van der Waals surface area contributed by atoms with Crippen LogP contribution in [0.5, 0.6) is 0 Å². The summed E-state index contributed by atoms with van der Waals surface area (Å²) in [6, 6.07) is 0. The molecule has 1 atom stereocenters. The average molecular weight is 1050 g/mol. The van der Waals surface area contributed by atoms with Gasteiger partial charge in [0, 0.05) is 19.3 Å². The van der Waals surface area contributed by atoms with Gasteiger partial charge in [-0.2, -0.15) is 0 Å². The third kappa shape index (κ3) is 61.8. The first-order valence-corrected chi connectivity index (χ1v) is 32.8. The third-order valence-electron chi connectivity index (χ3n) is 14.5. The van der Waals surface area contributed by atoms with Crippen molar-refractivity contribution >= 4 is 17.9 Å². The van der Waals surface area contributed by atoms with Crippen molar-refractivity contribution in [3.05, 3.63) is 60.8 Å². The lowest BCUT2D eigenvalue weighted by Gasteiger charge is -2.18. The van der Waals surface area contributed by atoms with Crippen molar-refractivity contribution in [1.29, 1.82) is 0 Å². The number of allylic oxidation sites excluding steroid dienone is 10. The molecule has 0 bridgehead atoms. The molecular formula is C69H124O6. The van der Waals surface area contributed by atoms with E-state index in [0.29, 0.717) is 19.3 Å². The zero-order valence-corrected chi connectivity index (χ0v) is 50.1. The molecule has 75 heavy (non-hydrogen) atoms. The zero-order valence-electron chi connectivity index (χ0n) is 50.1. The molecule has 0 spiro atoms. The molecule has 0 saturated heterocycles. The highest BCUT2D eigenvalue weighted by Crippen LogP contribution is 2.17. The number of hydrogen-bond acceptors (Lipinski definition) is 6. The predicted octanol–water partition coefficient (Wildman–Crippen LogP) is 22.3. The molecule has 0 aromatic heterocycles. The van der Waals surface area contributed by atoms with Gasteiger partial charge in [-0.05, 0) is 103 Å². The van der Waals surface area contributed by atoms with Crippen LogP contribution in [0.1, 0.15) is 342 Å². The smallest absolute Gasteiger partial charge is 0.306 e. The lowest BCUT2D eigenvalue weighted by molar-refractivity contribution is -0.167. The minimum absolute atomic E-state index is 0.0762. The second-order valence-electron chi connectivity index (χ2n) is 22.0. The summed E-state index contributed by atoms with van der Waals surface area (Å²) in [5.41, 5.74) is 0. The molecule has 436 valence electrons. The Labute approximate surface area is 466 Å². The van der Waals surface area contributed by atoms with Gasteiger partial charge in [0.05, 0.1) is 0 Å². The fourth-order valence-corrected chi connectivity index (χ4v) is 9.49. The molecular weight excluding hydrogens is 925 g/mol. The molecule has 0 fully saturated rings. The van der Waals surface area contributed by atoms with Crippen LogP contribution in [-0.2, 0) is 28.6 Å². The molecule has 0 radical (unpaired) electrons. The summed E-state index contributed by atoms with van der Waals surface area (Å²) < 4.78 is 16.9. The number of carbonyl (C=O) groups excluding carboxylic acids is 3. The summed E-state index contributed by atoms with van der Waals surface area (Å²) in [5, 5.41) is 0. The van der Waals surface area contributed by atoms with E-state index >= 15 is 0 Å². The fraction of sp³-hybridized carbons (Fsp3) is 0.812. The lowest BCUT2D eigenvalue weighted by atomic mass is 10.0. The molecule has 6 heteroatoms. The number of hydrogen-bond donors (Lipinski definition) is 0. The quantitative estimate of drug-likeness (QED) is 0.0261. The summed E-state index contributed by atoms with van der Waals surface area (Å²) in [5.74, 6) is -0.874. The van der Waals surface area contributed by atoms with E-state index in [4.69, 9.17) is 14.2 Å². The van der Waals surface area contributed by atoms with E-state index in [0.717, 1.165) is 77.0 Å². The molecule has 0 aliphatic heterocycles. The maximum absolute atomic E-state index is 12.9. The summed E-state index contributed by atoms with van der Waals surface area (Å²) in [7, 11) is 0. The van der Waals surface area contributed by atoms with E-state index in [1.807, 2.05) is 0 Å². The van der Waals surface area contributed by atoms with Crippen LogP contribution in [0, 0.1) is 0 Å². The summed E-state index contributed by atoms with van der Waals surface area (Å²) >= 11 is 0. The number of carbonyl (C=O) groups is 3. The molecule has 6 nitrogen and oxygen atoms in total. The largest absolute Gasteiger partial charge is 0.462 e. The molecule has 0 saturated carbocycles. The average Bonchev–Trinajstić information content (AvgIpc) is 3.41. The van der Waals surface area contributed by atoms with E-state index in [9.17, 15) is 14.4 Å². The molecule has 0 aliphatic rings. The van der Waals surface area contributed by atoms with Gasteiger partial charge >= 0.3 is 17.9 Å². The van der Waals surface area contributed by atoms with Crippen LogP contribution < -0.4 is 0 Å². The SMILES string of the molecule is CCCC/C=C\CCCCCCCC(=O)OCC(COC(=O)CCCCCCCCCCCCCCCCC/C=C\C/C=C\CCCCCCC)OC(=O)CCCCCCCCCCC/C=C\C/C=C\CCCCC. The first kappa shape index (κ1) is 72.1. The van der Waals surface area contributed by atoms with E-state index in [2.05, 4.69) is 81.5 Å². The maximum Gasteiger partial charge on any atom is 0.306 e. The summed E-state index contributed by atoms with van der Waals surface area (Å²) in [6.45, 7) is 6.60.